The minimum absolute atomic E-state index is 0.111. The van der Waals surface area contributed by atoms with E-state index >= 15 is 0 Å². The molecule has 1 heterocycles. The molecule has 0 spiro atoms. The van der Waals surface area contributed by atoms with E-state index in [-0.39, 0.29) is 11.9 Å². The van der Waals surface area contributed by atoms with E-state index in [1.807, 2.05) is 38.1 Å². The molecule has 0 radical (unpaired) electrons. The Balaban J connectivity index is 1.98. The van der Waals surface area contributed by atoms with E-state index in [4.69, 9.17) is 4.74 Å². The molecule has 4 heteroatoms. The molecule has 1 unspecified atom stereocenters. The second kappa shape index (κ2) is 6.57. The fourth-order valence-electron chi connectivity index (χ4n) is 2.24. The van der Waals surface area contributed by atoms with E-state index in [1.54, 1.807) is 0 Å². The van der Waals surface area contributed by atoms with Crippen molar-refractivity contribution >= 4 is 5.91 Å². The number of hydrogen-bond acceptors (Lipinski definition) is 3. The van der Waals surface area contributed by atoms with Crippen molar-refractivity contribution in [1.29, 1.82) is 0 Å². The molecule has 0 aromatic heterocycles. The molecule has 2 N–H and O–H groups in total. The van der Waals surface area contributed by atoms with E-state index < -0.39 is 0 Å². The summed E-state index contributed by atoms with van der Waals surface area (Å²) in [6.07, 6.45) is 0.574. The summed E-state index contributed by atoms with van der Waals surface area (Å²) < 4.78 is 5.67. The van der Waals surface area contributed by atoms with Gasteiger partial charge in [-0.1, -0.05) is 32.0 Å². The summed E-state index contributed by atoms with van der Waals surface area (Å²) in [5.74, 6) is 1.41. The predicted molar refractivity (Wildman–Crippen MR) is 75.1 cm³/mol. The molecule has 1 atom stereocenters. The summed E-state index contributed by atoms with van der Waals surface area (Å²) in [5, 5.41) is 6.40. The Morgan fingerprint density at radius 1 is 1.47 bits per heavy atom. The second-order valence-corrected chi connectivity index (χ2v) is 5.30. The van der Waals surface area contributed by atoms with Crippen molar-refractivity contribution in [3.8, 4) is 5.75 Å². The lowest BCUT2D eigenvalue weighted by Gasteiger charge is -2.18. The second-order valence-electron chi connectivity index (χ2n) is 5.30. The first-order valence-electron chi connectivity index (χ1n) is 6.88. The molecule has 0 saturated heterocycles. The predicted octanol–water partition coefficient (Wildman–Crippen LogP) is 1.87. The smallest absolute Gasteiger partial charge is 0.220 e. The Labute approximate surface area is 114 Å². The lowest BCUT2D eigenvalue weighted by Crippen LogP contribution is -2.35. The fourth-order valence-corrected chi connectivity index (χ4v) is 2.24. The van der Waals surface area contributed by atoms with Gasteiger partial charge in [0, 0.05) is 25.1 Å². The van der Waals surface area contributed by atoms with E-state index in [2.05, 4.69) is 10.6 Å². The zero-order chi connectivity index (χ0) is 13.7. The molecule has 2 rings (SSSR count). The number of carbonyl (C=O) groups excluding carboxylic acids is 1. The molecule has 19 heavy (non-hydrogen) atoms. The van der Waals surface area contributed by atoms with Crippen LogP contribution in [0.15, 0.2) is 24.3 Å². The Morgan fingerprint density at radius 3 is 3.05 bits per heavy atom. The summed E-state index contributed by atoms with van der Waals surface area (Å²) in [4.78, 5) is 11.7. The molecular weight excluding hydrogens is 240 g/mol. The third kappa shape index (κ3) is 3.96. The average molecular weight is 262 g/mol. The zero-order valence-corrected chi connectivity index (χ0v) is 11.6. The number of fused-ring (bicyclic) bond motifs is 1. The molecule has 1 amide bonds. The minimum atomic E-state index is 0.111. The molecule has 1 aromatic carbocycles. The quantitative estimate of drug-likeness (QED) is 0.871. The number of amides is 1. The highest BCUT2D eigenvalue weighted by atomic mass is 16.5. The summed E-state index contributed by atoms with van der Waals surface area (Å²) in [5.41, 5.74) is 1.12. The topological polar surface area (TPSA) is 50.4 Å². The molecule has 0 fully saturated rings. The van der Waals surface area contributed by atoms with Gasteiger partial charge in [0.15, 0.2) is 0 Å². The summed E-state index contributed by atoms with van der Waals surface area (Å²) >= 11 is 0. The van der Waals surface area contributed by atoms with Crippen LogP contribution in [0.25, 0.3) is 0 Å². The van der Waals surface area contributed by atoms with Gasteiger partial charge in [-0.05, 0) is 12.0 Å². The fraction of sp³-hybridized carbons (Fsp3) is 0.533. The number of hydrogen-bond donors (Lipinski definition) is 2. The van der Waals surface area contributed by atoms with Crippen molar-refractivity contribution in [1.82, 2.24) is 10.6 Å². The van der Waals surface area contributed by atoms with Gasteiger partial charge in [-0.15, -0.1) is 0 Å². The van der Waals surface area contributed by atoms with Crippen LogP contribution >= 0.6 is 0 Å². The highest BCUT2D eigenvalue weighted by Crippen LogP contribution is 2.26. The molecule has 0 saturated carbocycles. The van der Waals surface area contributed by atoms with Gasteiger partial charge in [0.25, 0.3) is 0 Å². The largest absolute Gasteiger partial charge is 0.492 e. The first-order chi connectivity index (χ1) is 9.16. The van der Waals surface area contributed by atoms with Crippen molar-refractivity contribution in [3.05, 3.63) is 29.8 Å². The zero-order valence-electron chi connectivity index (χ0n) is 11.6. The van der Waals surface area contributed by atoms with Gasteiger partial charge in [0.1, 0.15) is 12.4 Å². The van der Waals surface area contributed by atoms with Crippen LogP contribution in [-0.4, -0.2) is 25.6 Å². The molecule has 104 valence electrons. The van der Waals surface area contributed by atoms with Gasteiger partial charge in [0.05, 0.1) is 6.04 Å². The molecule has 0 aliphatic carbocycles. The van der Waals surface area contributed by atoms with Gasteiger partial charge >= 0.3 is 0 Å². The van der Waals surface area contributed by atoms with E-state index in [9.17, 15) is 4.79 Å². The Bertz CT molecular complexity index is 432. The van der Waals surface area contributed by atoms with Crippen LogP contribution < -0.4 is 15.4 Å². The van der Waals surface area contributed by atoms with Gasteiger partial charge in [-0.3, -0.25) is 4.79 Å². The first-order valence-corrected chi connectivity index (χ1v) is 6.88. The molecule has 1 aliphatic rings. The third-order valence-corrected chi connectivity index (χ3v) is 3.14. The maximum atomic E-state index is 11.7. The monoisotopic (exact) mass is 262 g/mol. The average Bonchev–Trinajstić information content (AvgIpc) is 2.58. The normalized spacial score (nSPS) is 18.4. The van der Waals surface area contributed by atoms with Crippen molar-refractivity contribution in [2.24, 2.45) is 5.92 Å². The van der Waals surface area contributed by atoms with Crippen molar-refractivity contribution in [2.75, 3.05) is 19.7 Å². The van der Waals surface area contributed by atoms with Crippen molar-refractivity contribution in [3.63, 3.8) is 0 Å². The molecule has 1 aliphatic heterocycles. The summed E-state index contributed by atoms with van der Waals surface area (Å²) in [6, 6.07) is 8.12. The van der Waals surface area contributed by atoms with Crippen LogP contribution in [0.5, 0.6) is 5.75 Å². The molecule has 1 aromatic rings. The standard InChI is InChI=1S/C15H22N2O2/c1-11(2)9-15(18)17-10-13-12-5-3-4-6-14(12)19-8-7-16-13/h3-6,11,13,16H,7-10H2,1-2H3,(H,17,18). The van der Waals surface area contributed by atoms with E-state index in [0.29, 0.717) is 25.5 Å². The number of ether oxygens (including phenoxy) is 1. The number of para-hydroxylation sites is 1. The van der Waals surface area contributed by atoms with Gasteiger partial charge in [-0.2, -0.15) is 0 Å². The van der Waals surface area contributed by atoms with Crippen molar-refractivity contribution in [2.45, 2.75) is 26.3 Å². The Morgan fingerprint density at radius 2 is 2.26 bits per heavy atom. The highest BCUT2D eigenvalue weighted by molar-refractivity contribution is 5.76. The lowest BCUT2D eigenvalue weighted by atomic mass is 10.1. The van der Waals surface area contributed by atoms with Crippen LogP contribution in [-0.2, 0) is 4.79 Å². The molecular formula is C15H22N2O2. The maximum Gasteiger partial charge on any atom is 0.220 e. The van der Waals surface area contributed by atoms with Crippen LogP contribution in [0.2, 0.25) is 0 Å². The summed E-state index contributed by atoms with van der Waals surface area (Å²) in [6.45, 7) is 6.15. The number of nitrogens with one attached hydrogen (secondary N) is 2. The van der Waals surface area contributed by atoms with Gasteiger partial charge in [0.2, 0.25) is 5.91 Å². The number of carbonyl (C=O) groups is 1. The minimum Gasteiger partial charge on any atom is -0.492 e. The third-order valence-electron chi connectivity index (χ3n) is 3.14. The van der Waals surface area contributed by atoms with Gasteiger partial charge < -0.3 is 15.4 Å². The Hall–Kier alpha value is -1.55. The highest BCUT2D eigenvalue weighted by Gasteiger charge is 2.19. The Kier molecular flexibility index (Phi) is 4.80. The van der Waals surface area contributed by atoms with Crippen LogP contribution in [0.3, 0.4) is 0 Å². The van der Waals surface area contributed by atoms with Gasteiger partial charge in [-0.25, -0.2) is 0 Å². The first kappa shape index (κ1) is 13.9. The molecule has 4 nitrogen and oxygen atoms in total. The van der Waals surface area contributed by atoms with Crippen molar-refractivity contribution < 1.29 is 9.53 Å². The SMILES string of the molecule is CC(C)CC(=O)NCC1NCCOc2ccccc21. The maximum absolute atomic E-state index is 11.7. The van der Waals surface area contributed by atoms with E-state index in [1.165, 1.54) is 0 Å². The lowest BCUT2D eigenvalue weighted by molar-refractivity contribution is -0.121. The van der Waals surface area contributed by atoms with Crippen LogP contribution in [0, 0.1) is 5.92 Å². The van der Waals surface area contributed by atoms with E-state index in [0.717, 1.165) is 17.9 Å². The van der Waals surface area contributed by atoms with Crippen LogP contribution in [0.4, 0.5) is 0 Å². The summed E-state index contributed by atoms with van der Waals surface area (Å²) in [7, 11) is 0. The number of rotatable bonds is 4. The van der Waals surface area contributed by atoms with Crippen LogP contribution in [0.1, 0.15) is 31.9 Å². The number of benzene rings is 1. The molecule has 0 bridgehead atoms.